The van der Waals surface area contributed by atoms with E-state index in [2.05, 4.69) is 5.32 Å². The molecular weight excluding hydrogens is 230 g/mol. The maximum Gasteiger partial charge on any atom is 0.270 e. The SMILES string of the molecule is O=[N+]([O-])c1ccc(NC2CCC2)c(C(F)F)c1. The molecule has 1 fully saturated rings. The summed E-state index contributed by atoms with van der Waals surface area (Å²) in [4.78, 5) is 9.85. The minimum Gasteiger partial charge on any atom is -0.382 e. The molecule has 0 radical (unpaired) electrons. The molecule has 0 bridgehead atoms. The van der Waals surface area contributed by atoms with Crippen LogP contribution in [0.3, 0.4) is 0 Å². The van der Waals surface area contributed by atoms with Crippen LogP contribution < -0.4 is 5.32 Å². The zero-order valence-electron chi connectivity index (χ0n) is 9.03. The minimum absolute atomic E-state index is 0.217. The maximum atomic E-state index is 12.8. The highest BCUT2D eigenvalue weighted by Gasteiger charge is 2.22. The molecule has 1 saturated carbocycles. The molecular formula is C11H12F2N2O2. The highest BCUT2D eigenvalue weighted by Crippen LogP contribution is 2.33. The van der Waals surface area contributed by atoms with Crippen molar-refractivity contribution in [1.29, 1.82) is 0 Å². The molecule has 1 aliphatic carbocycles. The van der Waals surface area contributed by atoms with Crippen LogP contribution in [0.4, 0.5) is 20.2 Å². The number of anilines is 1. The van der Waals surface area contributed by atoms with E-state index in [1.807, 2.05) is 0 Å². The zero-order valence-corrected chi connectivity index (χ0v) is 9.03. The molecule has 0 saturated heterocycles. The molecule has 0 spiro atoms. The van der Waals surface area contributed by atoms with Crippen molar-refractivity contribution in [2.45, 2.75) is 31.7 Å². The average Bonchev–Trinajstić information content (AvgIpc) is 2.23. The van der Waals surface area contributed by atoms with E-state index >= 15 is 0 Å². The molecule has 1 aromatic carbocycles. The lowest BCUT2D eigenvalue weighted by molar-refractivity contribution is -0.385. The van der Waals surface area contributed by atoms with Gasteiger partial charge < -0.3 is 5.32 Å². The smallest absolute Gasteiger partial charge is 0.270 e. The van der Waals surface area contributed by atoms with Gasteiger partial charge in [0.15, 0.2) is 0 Å². The summed E-state index contributed by atoms with van der Waals surface area (Å²) in [5, 5.41) is 13.5. The number of alkyl halides is 2. The van der Waals surface area contributed by atoms with Crippen LogP contribution in [0.2, 0.25) is 0 Å². The van der Waals surface area contributed by atoms with Crippen molar-refractivity contribution in [1.82, 2.24) is 0 Å². The van der Waals surface area contributed by atoms with Crippen LogP contribution in [0.25, 0.3) is 0 Å². The molecule has 0 aliphatic heterocycles. The molecule has 0 amide bonds. The van der Waals surface area contributed by atoms with E-state index in [4.69, 9.17) is 0 Å². The van der Waals surface area contributed by atoms with Gasteiger partial charge in [-0.15, -0.1) is 0 Å². The average molecular weight is 242 g/mol. The summed E-state index contributed by atoms with van der Waals surface area (Å²) in [6.07, 6.45) is 0.297. The van der Waals surface area contributed by atoms with Crippen LogP contribution in [0.15, 0.2) is 18.2 Å². The molecule has 92 valence electrons. The molecule has 4 nitrogen and oxygen atoms in total. The molecule has 0 heterocycles. The Morgan fingerprint density at radius 1 is 1.41 bits per heavy atom. The first-order valence-electron chi connectivity index (χ1n) is 5.41. The molecule has 0 unspecified atom stereocenters. The Kier molecular flexibility index (Phi) is 3.21. The molecule has 6 heteroatoms. The van der Waals surface area contributed by atoms with Gasteiger partial charge in [-0.3, -0.25) is 10.1 Å². The second-order valence-corrected chi connectivity index (χ2v) is 4.10. The lowest BCUT2D eigenvalue weighted by Gasteiger charge is -2.28. The van der Waals surface area contributed by atoms with Crippen LogP contribution in [0.1, 0.15) is 31.3 Å². The lowest BCUT2D eigenvalue weighted by atomic mass is 9.92. The summed E-state index contributed by atoms with van der Waals surface area (Å²) < 4.78 is 25.6. The van der Waals surface area contributed by atoms with E-state index < -0.39 is 11.3 Å². The molecule has 1 aliphatic rings. The third-order valence-corrected chi connectivity index (χ3v) is 2.95. The van der Waals surface area contributed by atoms with Crippen LogP contribution in [0.5, 0.6) is 0 Å². The fraction of sp³-hybridized carbons (Fsp3) is 0.455. The first kappa shape index (κ1) is 11.8. The Labute approximate surface area is 96.8 Å². The first-order chi connectivity index (χ1) is 8.08. The number of hydrogen-bond acceptors (Lipinski definition) is 3. The van der Waals surface area contributed by atoms with Crippen LogP contribution in [0, 0.1) is 10.1 Å². The van der Waals surface area contributed by atoms with Gasteiger partial charge in [0, 0.05) is 29.4 Å². The van der Waals surface area contributed by atoms with Gasteiger partial charge in [0.25, 0.3) is 12.1 Å². The molecule has 1 N–H and O–H groups in total. The number of halogens is 2. The van der Waals surface area contributed by atoms with Crippen LogP contribution >= 0.6 is 0 Å². The van der Waals surface area contributed by atoms with Gasteiger partial charge in [0.05, 0.1) is 4.92 Å². The Balaban J connectivity index is 2.26. The fourth-order valence-corrected chi connectivity index (χ4v) is 1.75. The van der Waals surface area contributed by atoms with E-state index in [-0.39, 0.29) is 17.3 Å². The summed E-state index contributed by atoms with van der Waals surface area (Å²) in [6.45, 7) is 0. The van der Waals surface area contributed by atoms with Gasteiger partial charge >= 0.3 is 0 Å². The Morgan fingerprint density at radius 3 is 2.59 bits per heavy atom. The predicted octanol–water partition coefficient (Wildman–Crippen LogP) is 3.50. The van der Waals surface area contributed by atoms with Crippen molar-refractivity contribution < 1.29 is 13.7 Å². The van der Waals surface area contributed by atoms with Crippen molar-refractivity contribution in [3.63, 3.8) is 0 Å². The Bertz CT molecular complexity index is 433. The predicted molar refractivity (Wildman–Crippen MR) is 59.3 cm³/mol. The number of nitro benzene ring substituents is 1. The summed E-state index contributed by atoms with van der Waals surface area (Å²) in [6, 6.07) is 3.75. The summed E-state index contributed by atoms with van der Waals surface area (Å²) in [5.41, 5.74) is -0.305. The molecule has 1 aromatic rings. The second kappa shape index (κ2) is 4.65. The van der Waals surface area contributed by atoms with Crippen molar-refractivity contribution in [3.05, 3.63) is 33.9 Å². The van der Waals surface area contributed by atoms with E-state index in [1.165, 1.54) is 12.1 Å². The molecule has 0 aromatic heterocycles. The molecule has 2 rings (SSSR count). The number of non-ortho nitro benzene ring substituents is 1. The summed E-state index contributed by atoms with van der Waals surface area (Å²) in [5.74, 6) is 0. The van der Waals surface area contributed by atoms with Crippen molar-refractivity contribution in [3.8, 4) is 0 Å². The fourth-order valence-electron chi connectivity index (χ4n) is 1.75. The van der Waals surface area contributed by atoms with Crippen molar-refractivity contribution >= 4 is 11.4 Å². The largest absolute Gasteiger partial charge is 0.382 e. The normalized spacial score (nSPS) is 15.7. The Hall–Kier alpha value is -1.72. The van der Waals surface area contributed by atoms with Crippen LogP contribution in [-0.4, -0.2) is 11.0 Å². The topological polar surface area (TPSA) is 55.2 Å². The van der Waals surface area contributed by atoms with Crippen molar-refractivity contribution in [2.75, 3.05) is 5.32 Å². The quantitative estimate of drug-likeness (QED) is 0.649. The lowest BCUT2D eigenvalue weighted by Crippen LogP contribution is -2.27. The monoisotopic (exact) mass is 242 g/mol. The second-order valence-electron chi connectivity index (χ2n) is 4.10. The van der Waals surface area contributed by atoms with E-state index in [1.54, 1.807) is 0 Å². The number of hydrogen-bond donors (Lipinski definition) is 1. The number of nitrogens with zero attached hydrogens (tertiary/aromatic N) is 1. The van der Waals surface area contributed by atoms with Crippen LogP contribution in [-0.2, 0) is 0 Å². The molecule has 17 heavy (non-hydrogen) atoms. The summed E-state index contributed by atoms with van der Waals surface area (Å²) in [7, 11) is 0. The number of benzene rings is 1. The minimum atomic E-state index is -2.71. The van der Waals surface area contributed by atoms with Gasteiger partial charge in [0.1, 0.15) is 0 Å². The summed E-state index contributed by atoms with van der Waals surface area (Å²) >= 11 is 0. The van der Waals surface area contributed by atoms with Gasteiger partial charge in [-0.1, -0.05) is 0 Å². The van der Waals surface area contributed by atoms with Gasteiger partial charge in [-0.25, -0.2) is 8.78 Å². The standard InChI is InChI=1S/C11H12F2N2O2/c12-11(13)9-6-8(15(16)17)4-5-10(9)14-7-2-1-3-7/h4-7,11,14H,1-3H2. The zero-order chi connectivity index (χ0) is 12.4. The number of nitrogens with one attached hydrogen (secondary N) is 1. The maximum absolute atomic E-state index is 12.8. The third-order valence-electron chi connectivity index (χ3n) is 2.95. The van der Waals surface area contributed by atoms with E-state index in [0.717, 1.165) is 25.3 Å². The number of rotatable bonds is 4. The van der Waals surface area contributed by atoms with Gasteiger partial charge in [-0.05, 0) is 25.3 Å². The van der Waals surface area contributed by atoms with E-state index in [9.17, 15) is 18.9 Å². The van der Waals surface area contributed by atoms with Gasteiger partial charge in [-0.2, -0.15) is 0 Å². The first-order valence-corrected chi connectivity index (χ1v) is 5.41. The number of nitro groups is 1. The Morgan fingerprint density at radius 2 is 2.12 bits per heavy atom. The molecule has 0 atom stereocenters. The third kappa shape index (κ3) is 2.51. The highest BCUT2D eigenvalue weighted by atomic mass is 19.3. The van der Waals surface area contributed by atoms with Gasteiger partial charge in [0.2, 0.25) is 0 Å². The highest BCUT2D eigenvalue weighted by molar-refractivity contribution is 5.57. The van der Waals surface area contributed by atoms with Crippen molar-refractivity contribution in [2.24, 2.45) is 0 Å². The van der Waals surface area contributed by atoms with E-state index in [0.29, 0.717) is 5.69 Å².